The molecule has 3 amide bonds. The van der Waals surface area contributed by atoms with Crippen LogP contribution in [-0.4, -0.2) is 109 Å². The molecule has 0 saturated carbocycles. The van der Waals surface area contributed by atoms with Gasteiger partial charge in [0, 0.05) is 42.8 Å². The summed E-state index contributed by atoms with van der Waals surface area (Å²) in [5, 5.41) is 27.0. The largest absolute Gasteiger partial charge is 0.477 e. The Kier molecular flexibility index (Phi) is 7.33. The lowest BCUT2D eigenvalue weighted by atomic mass is 9.78. The molecule has 14 nitrogen and oxygen atoms in total. The molecule has 1 aromatic rings. The number of carbonyl (C=O) groups is 4. The van der Waals surface area contributed by atoms with Gasteiger partial charge in [0.2, 0.25) is 17.7 Å². The van der Waals surface area contributed by atoms with Gasteiger partial charge in [0.15, 0.2) is 6.33 Å². The molecular formula is C21H31N9O5S. The Hall–Kier alpha value is -3.04. The van der Waals surface area contributed by atoms with Gasteiger partial charge >= 0.3 is 5.97 Å². The van der Waals surface area contributed by atoms with E-state index in [4.69, 9.17) is 5.73 Å². The molecule has 4 heterocycles. The molecule has 15 heteroatoms. The first-order chi connectivity index (χ1) is 17.0. The topological polar surface area (TPSA) is 189 Å². The smallest absolute Gasteiger partial charge is 0.353 e. The Labute approximate surface area is 212 Å². The van der Waals surface area contributed by atoms with Crippen LogP contribution >= 0.6 is 11.8 Å². The molecule has 36 heavy (non-hydrogen) atoms. The van der Waals surface area contributed by atoms with Crippen LogP contribution in [0.15, 0.2) is 16.9 Å². The van der Waals surface area contributed by atoms with E-state index in [0.29, 0.717) is 17.9 Å². The van der Waals surface area contributed by atoms with Crippen molar-refractivity contribution in [3.63, 3.8) is 0 Å². The zero-order chi connectivity index (χ0) is 26.3. The van der Waals surface area contributed by atoms with Crippen molar-refractivity contribution >= 4 is 35.5 Å². The van der Waals surface area contributed by atoms with Crippen molar-refractivity contribution in [2.24, 2.45) is 17.6 Å². The molecule has 2 fully saturated rings. The molecule has 0 bridgehead atoms. The maximum absolute atomic E-state index is 13.1. The van der Waals surface area contributed by atoms with Crippen molar-refractivity contribution in [2.75, 3.05) is 20.6 Å². The fourth-order valence-corrected chi connectivity index (χ4v) is 6.60. The average Bonchev–Trinajstić information content (AvgIpc) is 3.54. The summed E-state index contributed by atoms with van der Waals surface area (Å²) >= 11 is 1.42. The summed E-state index contributed by atoms with van der Waals surface area (Å²) in [6.07, 6.45) is 1.80. The maximum Gasteiger partial charge on any atom is 0.353 e. The summed E-state index contributed by atoms with van der Waals surface area (Å²) in [4.78, 5) is 54.9. The van der Waals surface area contributed by atoms with Gasteiger partial charge in [-0.05, 0) is 18.6 Å². The number of rotatable bonds is 9. The number of β-lactam (4-membered cyclic amide) rings is 1. The number of carboxylic acids is 1. The monoisotopic (exact) mass is 521 g/mol. The van der Waals surface area contributed by atoms with E-state index in [2.05, 4.69) is 26.0 Å². The van der Waals surface area contributed by atoms with Crippen molar-refractivity contribution in [3.05, 3.63) is 16.9 Å². The second-order valence-corrected chi connectivity index (χ2v) is 10.9. The summed E-state index contributed by atoms with van der Waals surface area (Å²) in [7, 11) is 3.40. The highest BCUT2D eigenvalue weighted by Gasteiger charge is 2.60. The number of carbonyl (C=O) groups excluding carboxylic acids is 3. The summed E-state index contributed by atoms with van der Waals surface area (Å²) in [6.45, 7) is 4.21. The lowest BCUT2D eigenvalue weighted by Crippen LogP contribution is -2.66. The molecule has 0 radical (unpaired) electrons. The zero-order valence-electron chi connectivity index (χ0n) is 20.5. The Morgan fingerprint density at radius 2 is 2.11 bits per heavy atom. The number of thioether (sulfide) groups is 1. The van der Waals surface area contributed by atoms with Crippen LogP contribution in [0.1, 0.15) is 20.3 Å². The molecule has 3 aliphatic heterocycles. The second kappa shape index (κ2) is 10.1. The first-order valence-electron chi connectivity index (χ1n) is 11.7. The van der Waals surface area contributed by atoms with Crippen LogP contribution in [0.3, 0.4) is 0 Å². The van der Waals surface area contributed by atoms with Gasteiger partial charge in [-0.3, -0.25) is 14.4 Å². The Bertz CT molecular complexity index is 1080. The quantitative estimate of drug-likeness (QED) is 0.259. The van der Waals surface area contributed by atoms with Crippen molar-refractivity contribution in [3.8, 4) is 0 Å². The van der Waals surface area contributed by atoms with Gasteiger partial charge < -0.3 is 31.3 Å². The number of hydrogen-bond acceptors (Lipinski definition) is 10. The van der Waals surface area contributed by atoms with E-state index in [-0.39, 0.29) is 47.3 Å². The number of likely N-dealkylation sites (N-methyl/N-ethyl adjacent to an activating group) is 1. The van der Waals surface area contributed by atoms with Crippen LogP contribution in [0.5, 0.6) is 0 Å². The summed E-state index contributed by atoms with van der Waals surface area (Å²) < 4.78 is 0. The Morgan fingerprint density at radius 3 is 2.72 bits per heavy atom. The highest BCUT2D eigenvalue weighted by Crippen LogP contribution is 2.51. The standard InChI is InChI=1S/C21H31N9O5S/c1-9-15-14(10(2)26-18(31)12(22)7-29-25-8-24-27-29)20(33)30(15)16(21(34)35)17(9)36-11-5-13(23-6-11)19(32)28(3)4/h8-15,23H,5-7,22H2,1-4H3,(H,26,31)(H,34,35)/t9-,10-,11+,12+,13+,14-,15-/m1/s1. The SMILES string of the molecule is C[C@@H](NC(=O)[C@@H](N)Cn1ncnn1)[C@H]1C(=O)N2C(C(=O)O)=C(S[C@@H]3CN[C@H](C(=O)N(C)C)C3)[C@H](C)[C@H]12. The van der Waals surface area contributed by atoms with Crippen molar-refractivity contribution in [1.82, 2.24) is 40.6 Å². The predicted molar refractivity (Wildman–Crippen MR) is 128 cm³/mol. The summed E-state index contributed by atoms with van der Waals surface area (Å²) in [5.41, 5.74) is 5.95. The van der Waals surface area contributed by atoms with Gasteiger partial charge in [-0.1, -0.05) is 6.92 Å². The summed E-state index contributed by atoms with van der Waals surface area (Å²) in [5.74, 6) is -2.82. The molecule has 2 saturated heterocycles. The van der Waals surface area contributed by atoms with Gasteiger partial charge in [0.1, 0.15) is 11.7 Å². The van der Waals surface area contributed by atoms with E-state index in [1.54, 1.807) is 21.0 Å². The van der Waals surface area contributed by atoms with E-state index in [9.17, 15) is 24.3 Å². The number of hydrogen-bond donors (Lipinski definition) is 4. The summed E-state index contributed by atoms with van der Waals surface area (Å²) in [6, 6.07) is -2.21. The third kappa shape index (κ3) is 4.69. The third-order valence-corrected chi connectivity index (χ3v) is 8.42. The molecule has 4 rings (SSSR count). The van der Waals surface area contributed by atoms with E-state index in [1.165, 1.54) is 32.7 Å². The highest BCUT2D eigenvalue weighted by atomic mass is 32.2. The molecular weight excluding hydrogens is 490 g/mol. The van der Waals surface area contributed by atoms with Crippen LogP contribution in [-0.2, 0) is 25.7 Å². The first kappa shape index (κ1) is 26.0. The number of nitrogens with one attached hydrogen (secondary N) is 2. The van der Waals surface area contributed by atoms with Gasteiger partial charge in [0.25, 0.3) is 0 Å². The molecule has 1 aromatic heterocycles. The fraction of sp³-hybridized carbons (Fsp3) is 0.667. The molecule has 0 aliphatic carbocycles. The first-order valence-corrected chi connectivity index (χ1v) is 12.6. The molecule has 196 valence electrons. The predicted octanol–water partition coefficient (Wildman–Crippen LogP) is -2.17. The lowest BCUT2D eigenvalue weighted by molar-refractivity contribution is -0.158. The number of nitrogens with two attached hydrogens (primary N) is 1. The maximum atomic E-state index is 13.1. The molecule has 0 aromatic carbocycles. The van der Waals surface area contributed by atoms with Crippen molar-refractivity contribution < 1.29 is 24.3 Å². The number of fused-ring (bicyclic) bond motifs is 1. The number of carboxylic acid groups (broad SMARTS) is 1. The number of tetrazole rings is 1. The molecule has 7 atom stereocenters. The number of amides is 3. The number of aromatic nitrogens is 4. The lowest BCUT2D eigenvalue weighted by Gasteiger charge is -2.47. The molecule has 3 aliphatic rings. The fourth-order valence-electron chi connectivity index (χ4n) is 5.12. The zero-order valence-corrected chi connectivity index (χ0v) is 21.3. The number of nitrogens with zero attached hydrogens (tertiary/aromatic N) is 6. The number of aliphatic carboxylic acids is 1. The minimum atomic E-state index is -1.16. The van der Waals surface area contributed by atoms with E-state index >= 15 is 0 Å². The van der Waals surface area contributed by atoms with Crippen LogP contribution in [0.4, 0.5) is 0 Å². The van der Waals surface area contributed by atoms with E-state index < -0.39 is 29.9 Å². The van der Waals surface area contributed by atoms with E-state index in [0.717, 1.165) is 0 Å². The second-order valence-electron chi connectivity index (χ2n) is 9.59. The van der Waals surface area contributed by atoms with Crippen LogP contribution in [0.2, 0.25) is 0 Å². The van der Waals surface area contributed by atoms with Gasteiger partial charge in [0.05, 0.1) is 24.5 Å². The Balaban J connectivity index is 1.42. The molecule has 0 unspecified atom stereocenters. The third-order valence-electron chi connectivity index (χ3n) is 6.91. The van der Waals surface area contributed by atoms with Gasteiger partial charge in [-0.25, -0.2) is 4.79 Å². The van der Waals surface area contributed by atoms with Gasteiger partial charge in [-0.2, -0.15) is 4.80 Å². The molecule has 5 N–H and O–H groups in total. The minimum absolute atomic E-state index is 0.00141. The van der Waals surface area contributed by atoms with Crippen LogP contribution in [0.25, 0.3) is 0 Å². The Morgan fingerprint density at radius 1 is 1.39 bits per heavy atom. The molecule has 0 spiro atoms. The normalized spacial score (nSPS) is 29.0. The average molecular weight is 522 g/mol. The van der Waals surface area contributed by atoms with Crippen LogP contribution in [0, 0.1) is 11.8 Å². The van der Waals surface area contributed by atoms with Crippen molar-refractivity contribution in [1.29, 1.82) is 0 Å². The van der Waals surface area contributed by atoms with Gasteiger partial charge in [-0.15, -0.1) is 22.0 Å². The van der Waals surface area contributed by atoms with E-state index in [1.807, 2.05) is 6.92 Å². The van der Waals surface area contributed by atoms with Crippen molar-refractivity contribution in [2.45, 2.75) is 56.2 Å². The minimum Gasteiger partial charge on any atom is -0.477 e. The highest BCUT2D eigenvalue weighted by molar-refractivity contribution is 8.03. The van der Waals surface area contributed by atoms with Crippen LogP contribution < -0.4 is 16.4 Å².